The average Bonchev–Trinajstić information content (AvgIpc) is 3.39. The molecular formula is C19H18N6O3. The van der Waals surface area contributed by atoms with E-state index in [2.05, 4.69) is 25.5 Å². The highest BCUT2D eigenvalue weighted by Crippen LogP contribution is 2.27. The molecule has 3 aromatic heterocycles. The first-order valence-electron chi connectivity index (χ1n) is 8.48. The molecule has 0 aliphatic heterocycles. The molecule has 4 aromatic rings. The third-order valence-electron chi connectivity index (χ3n) is 4.10. The number of benzene rings is 1. The molecule has 0 aliphatic carbocycles. The second kappa shape index (κ2) is 7.78. The van der Waals surface area contributed by atoms with Gasteiger partial charge in [-0.15, -0.1) is 0 Å². The zero-order valence-corrected chi connectivity index (χ0v) is 15.4. The standard InChI is InChI=1S/C19H18N6O3/c1-26-15-6-5-13(8-16(15)27-2)9-23-24-18-17-19(21-11-20-18)25(12-22-17)10-14-4-3-7-28-14/h3-9,11-12H,10H2,1-2H3,(H,20,21,24)/b23-9-. The highest BCUT2D eigenvalue weighted by atomic mass is 16.5. The lowest BCUT2D eigenvalue weighted by Crippen LogP contribution is -2.00. The number of furan rings is 1. The number of nitrogens with one attached hydrogen (secondary N) is 1. The predicted molar refractivity (Wildman–Crippen MR) is 104 cm³/mol. The van der Waals surface area contributed by atoms with Gasteiger partial charge in [-0.3, -0.25) is 5.43 Å². The quantitative estimate of drug-likeness (QED) is 0.390. The Balaban J connectivity index is 1.53. The van der Waals surface area contributed by atoms with Gasteiger partial charge in [0.2, 0.25) is 0 Å². The van der Waals surface area contributed by atoms with Crippen molar-refractivity contribution in [3.05, 3.63) is 60.6 Å². The van der Waals surface area contributed by atoms with Crippen molar-refractivity contribution < 1.29 is 13.9 Å². The summed E-state index contributed by atoms with van der Waals surface area (Å²) in [6.45, 7) is 0.537. The van der Waals surface area contributed by atoms with Crippen molar-refractivity contribution in [1.82, 2.24) is 19.5 Å². The summed E-state index contributed by atoms with van der Waals surface area (Å²) in [5.74, 6) is 2.62. The number of hydrogen-bond acceptors (Lipinski definition) is 8. The largest absolute Gasteiger partial charge is 0.493 e. The molecule has 142 valence electrons. The van der Waals surface area contributed by atoms with E-state index in [1.807, 2.05) is 34.9 Å². The second-order valence-corrected chi connectivity index (χ2v) is 5.83. The fraction of sp³-hybridized carbons (Fsp3) is 0.158. The normalized spacial score (nSPS) is 11.2. The van der Waals surface area contributed by atoms with E-state index >= 15 is 0 Å². The molecule has 0 atom stereocenters. The lowest BCUT2D eigenvalue weighted by molar-refractivity contribution is 0.355. The van der Waals surface area contributed by atoms with Gasteiger partial charge in [0, 0.05) is 0 Å². The van der Waals surface area contributed by atoms with Gasteiger partial charge in [0.05, 0.1) is 39.6 Å². The van der Waals surface area contributed by atoms with Gasteiger partial charge in [-0.05, 0) is 35.9 Å². The number of imidazole rings is 1. The molecule has 4 rings (SSSR count). The number of ether oxygens (including phenoxy) is 2. The number of rotatable bonds is 7. The van der Waals surface area contributed by atoms with Crippen LogP contribution < -0.4 is 14.9 Å². The molecule has 0 fully saturated rings. The maximum absolute atomic E-state index is 5.38. The van der Waals surface area contributed by atoms with Gasteiger partial charge in [0.15, 0.2) is 28.5 Å². The van der Waals surface area contributed by atoms with Gasteiger partial charge in [-0.25, -0.2) is 15.0 Å². The van der Waals surface area contributed by atoms with Crippen LogP contribution in [0.4, 0.5) is 5.82 Å². The summed E-state index contributed by atoms with van der Waals surface area (Å²) in [6, 6.07) is 9.27. The summed E-state index contributed by atoms with van der Waals surface area (Å²) in [5, 5.41) is 4.25. The van der Waals surface area contributed by atoms with Crippen LogP contribution in [-0.2, 0) is 6.54 Å². The SMILES string of the molecule is COc1ccc(/C=N\Nc2ncnc3c2ncn3Cc2ccco2)cc1OC. The number of fused-ring (bicyclic) bond motifs is 1. The first kappa shape index (κ1) is 17.5. The Kier molecular flexibility index (Phi) is 4.87. The molecule has 3 heterocycles. The highest BCUT2D eigenvalue weighted by Gasteiger charge is 2.11. The van der Waals surface area contributed by atoms with Crippen LogP contribution >= 0.6 is 0 Å². The van der Waals surface area contributed by atoms with E-state index in [4.69, 9.17) is 13.9 Å². The number of methoxy groups -OCH3 is 2. The van der Waals surface area contributed by atoms with Crippen molar-refractivity contribution in [2.45, 2.75) is 6.54 Å². The number of anilines is 1. The predicted octanol–water partition coefficient (Wildman–Crippen LogP) is 2.93. The molecule has 0 spiro atoms. The summed E-state index contributed by atoms with van der Waals surface area (Å²) in [5.41, 5.74) is 5.08. The van der Waals surface area contributed by atoms with E-state index in [9.17, 15) is 0 Å². The van der Waals surface area contributed by atoms with Gasteiger partial charge < -0.3 is 18.5 Å². The maximum atomic E-state index is 5.38. The number of hydrogen-bond donors (Lipinski definition) is 1. The topological polar surface area (TPSA) is 99.6 Å². The third kappa shape index (κ3) is 3.50. The van der Waals surface area contributed by atoms with Crippen molar-refractivity contribution in [3.8, 4) is 11.5 Å². The van der Waals surface area contributed by atoms with Gasteiger partial charge >= 0.3 is 0 Å². The summed E-state index contributed by atoms with van der Waals surface area (Å²) in [4.78, 5) is 12.9. The summed E-state index contributed by atoms with van der Waals surface area (Å²) < 4.78 is 17.8. The second-order valence-electron chi connectivity index (χ2n) is 5.83. The minimum Gasteiger partial charge on any atom is -0.493 e. The van der Waals surface area contributed by atoms with Crippen molar-refractivity contribution >= 4 is 23.2 Å². The highest BCUT2D eigenvalue weighted by molar-refractivity contribution is 5.85. The molecule has 9 nitrogen and oxygen atoms in total. The van der Waals surface area contributed by atoms with Gasteiger partial charge in [0.1, 0.15) is 12.1 Å². The fourth-order valence-corrected chi connectivity index (χ4v) is 2.75. The summed E-state index contributed by atoms with van der Waals surface area (Å²) in [7, 11) is 3.19. The Labute approximate surface area is 160 Å². The number of nitrogens with zero attached hydrogens (tertiary/aromatic N) is 5. The van der Waals surface area contributed by atoms with Gasteiger partial charge in [-0.1, -0.05) is 0 Å². The molecule has 0 saturated carbocycles. The molecule has 28 heavy (non-hydrogen) atoms. The fourth-order valence-electron chi connectivity index (χ4n) is 2.75. The number of hydrazone groups is 1. The van der Waals surface area contributed by atoms with Gasteiger partial charge in [-0.2, -0.15) is 5.10 Å². The Morgan fingerprint density at radius 2 is 2.04 bits per heavy atom. The van der Waals surface area contributed by atoms with Crippen LogP contribution in [0.5, 0.6) is 11.5 Å². The molecule has 9 heteroatoms. The van der Waals surface area contributed by atoms with Crippen molar-refractivity contribution in [2.75, 3.05) is 19.6 Å². The zero-order chi connectivity index (χ0) is 19.3. The first-order chi connectivity index (χ1) is 13.8. The molecule has 1 N–H and O–H groups in total. The monoisotopic (exact) mass is 378 g/mol. The molecule has 0 bridgehead atoms. The Morgan fingerprint density at radius 3 is 2.82 bits per heavy atom. The summed E-state index contributed by atoms with van der Waals surface area (Å²) >= 11 is 0. The lowest BCUT2D eigenvalue weighted by atomic mass is 10.2. The first-order valence-corrected chi connectivity index (χ1v) is 8.48. The zero-order valence-electron chi connectivity index (χ0n) is 15.4. The maximum Gasteiger partial charge on any atom is 0.177 e. The van der Waals surface area contributed by atoms with Crippen molar-refractivity contribution in [1.29, 1.82) is 0 Å². The molecule has 0 aliphatic rings. The molecule has 0 saturated heterocycles. The summed E-state index contributed by atoms with van der Waals surface area (Å²) in [6.07, 6.45) is 6.47. The van der Waals surface area contributed by atoms with E-state index in [-0.39, 0.29) is 0 Å². The third-order valence-corrected chi connectivity index (χ3v) is 4.10. The van der Waals surface area contributed by atoms with E-state index in [0.29, 0.717) is 35.0 Å². The van der Waals surface area contributed by atoms with Crippen molar-refractivity contribution in [3.63, 3.8) is 0 Å². The van der Waals surface area contributed by atoms with E-state index in [1.54, 1.807) is 33.0 Å². The molecular weight excluding hydrogens is 360 g/mol. The minimum absolute atomic E-state index is 0.514. The van der Waals surface area contributed by atoms with Crippen LogP contribution in [0.3, 0.4) is 0 Å². The average molecular weight is 378 g/mol. The van der Waals surface area contributed by atoms with Crippen molar-refractivity contribution in [2.24, 2.45) is 5.10 Å². The number of aromatic nitrogens is 4. The Hall–Kier alpha value is -3.88. The van der Waals surface area contributed by atoms with E-state index in [0.717, 1.165) is 11.3 Å². The van der Waals surface area contributed by atoms with Crippen LogP contribution in [0, 0.1) is 0 Å². The van der Waals surface area contributed by atoms with Crippen LogP contribution in [0.15, 0.2) is 58.8 Å². The lowest BCUT2D eigenvalue weighted by Gasteiger charge is -2.07. The molecule has 0 radical (unpaired) electrons. The van der Waals surface area contributed by atoms with Gasteiger partial charge in [0.25, 0.3) is 0 Å². The van der Waals surface area contributed by atoms with Crippen LogP contribution in [0.25, 0.3) is 11.2 Å². The van der Waals surface area contributed by atoms with Crippen LogP contribution in [-0.4, -0.2) is 40.0 Å². The Bertz CT molecular complexity index is 1100. The van der Waals surface area contributed by atoms with E-state index < -0.39 is 0 Å². The van der Waals surface area contributed by atoms with E-state index in [1.165, 1.54) is 6.33 Å². The Morgan fingerprint density at radius 1 is 1.14 bits per heavy atom. The van der Waals surface area contributed by atoms with Crippen LogP contribution in [0.2, 0.25) is 0 Å². The molecule has 0 unspecified atom stereocenters. The molecule has 0 amide bonds. The smallest absolute Gasteiger partial charge is 0.177 e. The molecule has 1 aromatic carbocycles. The minimum atomic E-state index is 0.514. The van der Waals surface area contributed by atoms with Crippen LogP contribution in [0.1, 0.15) is 11.3 Å².